The first-order chi connectivity index (χ1) is 15.1. The van der Waals surface area contributed by atoms with Gasteiger partial charge in [0.25, 0.3) is 0 Å². The third kappa shape index (κ3) is 4.65. The Bertz CT molecular complexity index is 1060. The maximum atomic E-state index is 10.8. The Labute approximate surface area is 191 Å². The summed E-state index contributed by atoms with van der Waals surface area (Å²) in [5.41, 5.74) is 4.20. The fraction of sp³-hybridized carbons (Fsp3) is 0.280. The molecule has 162 valence electrons. The van der Waals surface area contributed by atoms with Gasteiger partial charge in [-0.15, -0.1) is 0 Å². The van der Waals surface area contributed by atoms with Crippen LogP contribution in [0.2, 0.25) is 0 Å². The van der Waals surface area contributed by atoms with Crippen LogP contribution >= 0.6 is 15.9 Å². The molecule has 3 aromatic carbocycles. The molecule has 2 N–H and O–H groups in total. The zero-order valence-corrected chi connectivity index (χ0v) is 19.2. The molecule has 0 saturated carbocycles. The van der Waals surface area contributed by atoms with Gasteiger partial charge in [0.1, 0.15) is 6.61 Å². The second kappa shape index (κ2) is 9.62. The van der Waals surface area contributed by atoms with Crippen molar-refractivity contribution < 1.29 is 19.3 Å². The lowest BCUT2D eigenvalue weighted by Gasteiger charge is -2.29. The molecule has 0 saturated heterocycles. The van der Waals surface area contributed by atoms with Crippen molar-refractivity contribution in [2.75, 3.05) is 20.8 Å². The zero-order valence-electron chi connectivity index (χ0n) is 17.7. The van der Waals surface area contributed by atoms with E-state index in [2.05, 4.69) is 21.2 Å². The number of methoxy groups -OCH3 is 2. The smallest absolute Gasteiger partial charge is 0.162 e. The number of ether oxygens (including phenoxy) is 3. The molecule has 1 atom stereocenters. The topological polar surface area (TPSA) is 60.0 Å². The molecule has 0 radical (unpaired) electrons. The van der Waals surface area contributed by atoms with Gasteiger partial charge in [-0.3, -0.25) is 0 Å². The van der Waals surface area contributed by atoms with Gasteiger partial charge in [-0.2, -0.15) is 0 Å². The maximum Gasteiger partial charge on any atom is 0.162 e. The number of rotatable bonds is 7. The Kier molecular flexibility index (Phi) is 6.68. The van der Waals surface area contributed by atoms with Gasteiger partial charge in [0.15, 0.2) is 23.0 Å². The number of benzene rings is 3. The van der Waals surface area contributed by atoms with Gasteiger partial charge in [0, 0.05) is 16.1 Å². The highest BCUT2D eigenvalue weighted by Crippen LogP contribution is 2.43. The quantitative estimate of drug-likeness (QED) is 0.484. The molecular weight excluding hydrogens is 458 g/mol. The third-order valence-electron chi connectivity index (χ3n) is 5.60. The van der Waals surface area contributed by atoms with Crippen LogP contribution in [-0.4, -0.2) is 25.9 Å². The van der Waals surface area contributed by atoms with Crippen molar-refractivity contribution >= 4 is 15.9 Å². The van der Waals surface area contributed by atoms with E-state index in [1.807, 2.05) is 54.6 Å². The molecule has 3 aromatic rings. The van der Waals surface area contributed by atoms with E-state index < -0.39 is 0 Å². The fourth-order valence-electron chi connectivity index (χ4n) is 4.04. The van der Waals surface area contributed by atoms with Crippen LogP contribution in [-0.2, 0) is 19.4 Å². The molecule has 31 heavy (non-hydrogen) atoms. The molecule has 1 aliphatic rings. The van der Waals surface area contributed by atoms with E-state index in [-0.39, 0.29) is 11.8 Å². The van der Waals surface area contributed by atoms with Gasteiger partial charge in [-0.05, 0) is 54.3 Å². The molecule has 0 amide bonds. The summed E-state index contributed by atoms with van der Waals surface area (Å²) in [6.07, 6.45) is 1.55. The molecule has 5 nitrogen and oxygen atoms in total. The van der Waals surface area contributed by atoms with E-state index in [0.717, 1.165) is 39.7 Å². The molecule has 0 aromatic heterocycles. The lowest BCUT2D eigenvalue weighted by atomic mass is 9.89. The summed E-state index contributed by atoms with van der Waals surface area (Å²) >= 11 is 3.64. The minimum atomic E-state index is -0.0366. The van der Waals surface area contributed by atoms with Gasteiger partial charge in [0.05, 0.1) is 14.2 Å². The summed E-state index contributed by atoms with van der Waals surface area (Å²) < 4.78 is 17.9. The maximum absolute atomic E-state index is 10.8. The largest absolute Gasteiger partial charge is 0.504 e. The molecule has 0 spiro atoms. The second-order valence-corrected chi connectivity index (χ2v) is 8.38. The predicted octanol–water partition coefficient (Wildman–Crippen LogP) is 5.18. The molecule has 4 rings (SSSR count). The normalized spacial score (nSPS) is 15.3. The first kappa shape index (κ1) is 21.5. The van der Waals surface area contributed by atoms with E-state index in [1.165, 1.54) is 0 Å². The van der Waals surface area contributed by atoms with Crippen LogP contribution in [0.25, 0.3) is 0 Å². The van der Waals surface area contributed by atoms with Crippen LogP contribution in [0, 0.1) is 0 Å². The van der Waals surface area contributed by atoms with Crippen molar-refractivity contribution in [1.29, 1.82) is 0 Å². The van der Waals surface area contributed by atoms with E-state index in [9.17, 15) is 5.11 Å². The number of phenolic OH excluding ortho intramolecular Hbond substituents is 1. The predicted molar refractivity (Wildman–Crippen MR) is 124 cm³/mol. The van der Waals surface area contributed by atoms with Crippen molar-refractivity contribution in [3.63, 3.8) is 0 Å². The number of aromatic hydroxyl groups is 1. The summed E-state index contributed by atoms with van der Waals surface area (Å²) in [6.45, 7) is 1.31. The Morgan fingerprint density at radius 3 is 2.48 bits per heavy atom. The minimum absolute atomic E-state index is 0.0366. The summed E-state index contributed by atoms with van der Waals surface area (Å²) in [6, 6.07) is 17.8. The van der Waals surface area contributed by atoms with E-state index in [4.69, 9.17) is 14.2 Å². The molecule has 0 bridgehead atoms. The first-order valence-electron chi connectivity index (χ1n) is 10.3. The lowest BCUT2D eigenvalue weighted by Crippen LogP contribution is -2.31. The van der Waals surface area contributed by atoms with Crippen molar-refractivity contribution in [3.8, 4) is 23.0 Å². The standard InChI is InChI=1S/C25H26BrNO4/c1-29-21-9-8-17(13-22(21)31-15-16-6-4-3-5-7-16)12-20-24-18(10-11-27-20)19(26)14-23(30-2)25(24)28/h3-9,13-14,20,27-28H,10-12,15H2,1-2H3. The van der Waals surface area contributed by atoms with Crippen molar-refractivity contribution in [1.82, 2.24) is 5.32 Å². The van der Waals surface area contributed by atoms with Gasteiger partial charge in [-0.25, -0.2) is 0 Å². The average molecular weight is 484 g/mol. The number of hydrogen-bond acceptors (Lipinski definition) is 5. The summed E-state index contributed by atoms with van der Waals surface area (Å²) in [4.78, 5) is 0. The Morgan fingerprint density at radius 1 is 0.968 bits per heavy atom. The molecule has 0 aliphatic carbocycles. The number of hydrogen-bond donors (Lipinski definition) is 2. The van der Waals surface area contributed by atoms with Crippen LogP contribution in [0.15, 0.2) is 59.1 Å². The Morgan fingerprint density at radius 2 is 1.74 bits per heavy atom. The van der Waals surface area contributed by atoms with E-state index in [0.29, 0.717) is 30.3 Å². The molecule has 1 aliphatic heterocycles. The second-order valence-electron chi connectivity index (χ2n) is 7.52. The zero-order chi connectivity index (χ0) is 21.8. The summed E-state index contributed by atoms with van der Waals surface area (Å²) in [7, 11) is 3.21. The van der Waals surface area contributed by atoms with Gasteiger partial charge in [0.2, 0.25) is 0 Å². The highest BCUT2D eigenvalue weighted by molar-refractivity contribution is 9.10. The van der Waals surface area contributed by atoms with Crippen LogP contribution < -0.4 is 19.5 Å². The number of phenols is 1. The number of fused-ring (bicyclic) bond motifs is 1. The molecule has 1 unspecified atom stereocenters. The highest BCUT2D eigenvalue weighted by atomic mass is 79.9. The SMILES string of the molecule is COc1ccc(CC2NCCc3c(Br)cc(OC)c(O)c32)cc1OCc1ccccc1. The molecule has 1 heterocycles. The Hall–Kier alpha value is -2.70. The van der Waals surface area contributed by atoms with Crippen LogP contribution in [0.4, 0.5) is 0 Å². The van der Waals surface area contributed by atoms with Crippen LogP contribution in [0.1, 0.15) is 28.3 Å². The first-order valence-corrected chi connectivity index (χ1v) is 11.0. The number of nitrogens with one attached hydrogen (secondary N) is 1. The lowest BCUT2D eigenvalue weighted by molar-refractivity contribution is 0.284. The van der Waals surface area contributed by atoms with E-state index >= 15 is 0 Å². The highest BCUT2D eigenvalue weighted by Gasteiger charge is 2.28. The molecular formula is C25H26BrNO4. The van der Waals surface area contributed by atoms with Gasteiger partial charge >= 0.3 is 0 Å². The summed E-state index contributed by atoms with van der Waals surface area (Å²) in [5, 5.41) is 14.4. The fourth-order valence-corrected chi connectivity index (χ4v) is 4.66. The van der Waals surface area contributed by atoms with Gasteiger partial charge < -0.3 is 24.6 Å². The van der Waals surface area contributed by atoms with Crippen molar-refractivity contribution in [3.05, 3.63) is 81.3 Å². The Balaban J connectivity index is 1.60. The molecule has 6 heteroatoms. The summed E-state index contributed by atoms with van der Waals surface area (Å²) in [5.74, 6) is 2.08. The van der Waals surface area contributed by atoms with E-state index in [1.54, 1.807) is 14.2 Å². The monoisotopic (exact) mass is 483 g/mol. The van der Waals surface area contributed by atoms with Crippen LogP contribution in [0.5, 0.6) is 23.0 Å². The van der Waals surface area contributed by atoms with Crippen molar-refractivity contribution in [2.45, 2.75) is 25.5 Å². The number of halogens is 1. The minimum Gasteiger partial charge on any atom is -0.504 e. The molecule has 0 fully saturated rings. The van der Waals surface area contributed by atoms with Crippen molar-refractivity contribution in [2.24, 2.45) is 0 Å². The average Bonchev–Trinajstić information content (AvgIpc) is 2.80. The third-order valence-corrected chi connectivity index (χ3v) is 6.31. The van der Waals surface area contributed by atoms with Crippen LogP contribution in [0.3, 0.4) is 0 Å². The van der Waals surface area contributed by atoms with Gasteiger partial charge in [-0.1, -0.05) is 52.3 Å².